The molecule has 0 radical (unpaired) electrons. The SMILES string of the molecule is C=CC(=O)N1CCC(c2cc(-c3ccc(C(=O)Nc4cc(C#N)ccn4)cc3)cc3cncnc23)C1. The molecular formula is C28H22N6O2. The predicted molar refractivity (Wildman–Crippen MR) is 136 cm³/mol. The van der Waals surface area contributed by atoms with Gasteiger partial charge in [-0.25, -0.2) is 15.0 Å². The molecular weight excluding hydrogens is 452 g/mol. The highest BCUT2D eigenvalue weighted by Crippen LogP contribution is 2.35. The highest BCUT2D eigenvalue weighted by Gasteiger charge is 2.28. The summed E-state index contributed by atoms with van der Waals surface area (Å²) in [6.07, 6.45) is 7.02. The second kappa shape index (κ2) is 9.76. The van der Waals surface area contributed by atoms with Gasteiger partial charge < -0.3 is 10.2 Å². The topological polar surface area (TPSA) is 112 Å². The number of nitrogens with one attached hydrogen (secondary N) is 1. The fraction of sp³-hybridized carbons (Fsp3) is 0.143. The smallest absolute Gasteiger partial charge is 0.256 e. The molecule has 176 valence electrons. The van der Waals surface area contributed by atoms with Crippen molar-refractivity contribution in [2.24, 2.45) is 0 Å². The fourth-order valence-electron chi connectivity index (χ4n) is 4.52. The molecule has 0 bridgehead atoms. The van der Waals surface area contributed by atoms with E-state index in [0.717, 1.165) is 34.0 Å². The van der Waals surface area contributed by atoms with Crippen LogP contribution in [0.2, 0.25) is 0 Å². The summed E-state index contributed by atoms with van der Waals surface area (Å²) in [4.78, 5) is 39.4. The van der Waals surface area contributed by atoms with E-state index in [-0.39, 0.29) is 17.7 Å². The molecule has 0 saturated carbocycles. The van der Waals surface area contributed by atoms with Crippen LogP contribution in [-0.2, 0) is 4.79 Å². The van der Waals surface area contributed by atoms with E-state index in [1.165, 1.54) is 18.3 Å². The van der Waals surface area contributed by atoms with Crippen molar-refractivity contribution in [2.75, 3.05) is 18.4 Å². The monoisotopic (exact) mass is 474 g/mol. The molecule has 0 spiro atoms. The van der Waals surface area contributed by atoms with Gasteiger partial charge >= 0.3 is 0 Å². The average Bonchev–Trinajstić information content (AvgIpc) is 3.42. The van der Waals surface area contributed by atoms with Gasteiger partial charge in [0.2, 0.25) is 5.91 Å². The van der Waals surface area contributed by atoms with E-state index in [4.69, 9.17) is 5.26 Å². The Morgan fingerprint density at radius 2 is 1.94 bits per heavy atom. The third kappa shape index (κ3) is 4.55. The van der Waals surface area contributed by atoms with Gasteiger partial charge in [-0.1, -0.05) is 18.7 Å². The number of carbonyl (C=O) groups excluding carboxylic acids is 2. The van der Waals surface area contributed by atoms with Gasteiger partial charge in [-0.2, -0.15) is 5.26 Å². The van der Waals surface area contributed by atoms with E-state index in [0.29, 0.717) is 30.0 Å². The van der Waals surface area contributed by atoms with Crippen LogP contribution in [0, 0.1) is 11.3 Å². The molecule has 1 aliphatic rings. The Hall–Kier alpha value is -4.90. The summed E-state index contributed by atoms with van der Waals surface area (Å²) in [7, 11) is 0. The van der Waals surface area contributed by atoms with E-state index in [9.17, 15) is 9.59 Å². The number of hydrogen-bond donors (Lipinski definition) is 1. The maximum Gasteiger partial charge on any atom is 0.256 e. The van der Waals surface area contributed by atoms with Crippen molar-refractivity contribution in [3.8, 4) is 17.2 Å². The molecule has 8 nitrogen and oxygen atoms in total. The lowest BCUT2D eigenvalue weighted by Gasteiger charge is -2.17. The van der Waals surface area contributed by atoms with Crippen LogP contribution < -0.4 is 5.32 Å². The Morgan fingerprint density at radius 3 is 2.72 bits per heavy atom. The lowest BCUT2D eigenvalue weighted by atomic mass is 9.91. The molecule has 36 heavy (non-hydrogen) atoms. The van der Waals surface area contributed by atoms with Crippen LogP contribution in [0.3, 0.4) is 0 Å². The fourth-order valence-corrected chi connectivity index (χ4v) is 4.52. The maximum absolute atomic E-state index is 12.7. The lowest BCUT2D eigenvalue weighted by molar-refractivity contribution is -0.125. The largest absolute Gasteiger partial charge is 0.339 e. The van der Waals surface area contributed by atoms with Crippen molar-refractivity contribution in [3.63, 3.8) is 0 Å². The van der Waals surface area contributed by atoms with Gasteiger partial charge in [-0.3, -0.25) is 9.59 Å². The van der Waals surface area contributed by atoms with Crippen LogP contribution in [0.1, 0.15) is 33.8 Å². The van der Waals surface area contributed by atoms with E-state index in [2.05, 4.69) is 32.9 Å². The summed E-state index contributed by atoms with van der Waals surface area (Å²) in [5.41, 5.74) is 4.79. The first kappa shape index (κ1) is 22.9. The zero-order valence-corrected chi connectivity index (χ0v) is 19.4. The number of pyridine rings is 1. The Morgan fingerprint density at radius 1 is 1.11 bits per heavy atom. The van der Waals surface area contributed by atoms with E-state index in [1.807, 2.05) is 29.2 Å². The van der Waals surface area contributed by atoms with E-state index < -0.39 is 0 Å². The van der Waals surface area contributed by atoms with Crippen molar-refractivity contribution in [2.45, 2.75) is 12.3 Å². The highest BCUT2D eigenvalue weighted by molar-refractivity contribution is 6.04. The molecule has 1 unspecified atom stereocenters. The normalized spacial score (nSPS) is 14.9. The molecule has 0 aliphatic carbocycles. The summed E-state index contributed by atoms with van der Waals surface area (Å²) in [6, 6.07) is 16.6. The van der Waals surface area contributed by atoms with Crippen molar-refractivity contribution in [3.05, 3.63) is 96.6 Å². The van der Waals surface area contributed by atoms with Gasteiger partial charge in [-0.15, -0.1) is 0 Å². The second-order valence-electron chi connectivity index (χ2n) is 8.57. The summed E-state index contributed by atoms with van der Waals surface area (Å²) in [5.74, 6) is 0.112. The quantitative estimate of drug-likeness (QED) is 0.431. The molecule has 8 heteroatoms. The second-order valence-corrected chi connectivity index (χ2v) is 8.57. The van der Waals surface area contributed by atoms with Gasteiger partial charge in [0.25, 0.3) is 5.91 Å². The number of nitriles is 1. The number of anilines is 1. The number of rotatable bonds is 5. The van der Waals surface area contributed by atoms with Gasteiger partial charge in [0.1, 0.15) is 12.1 Å². The van der Waals surface area contributed by atoms with Crippen molar-refractivity contribution >= 4 is 28.5 Å². The minimum Gasteiger partial charge on any atom is -0.339 e. The zero-order chi connectivity index (χ0) is 25.1. The van der Waals surface area contributed by atoms with Gasteiger partial charge in [-0.05, 0) is 65.6 Å². The first-order valence-electron chi connectivity index (χ1n) is 11.5. The Balaban J connectivity index is 1.42. The van der Waals surface area contributed by atoms with Gasteiger partial charge in [0.05, 0.1) is 17.1 Å². The molecule has 1 atom stereocenters. The molecule has 5 rings (SSSR count). The van der Waals surface area contributed by atoms with E-state index >= 15 is 0 Å². The Kier molecular flexibility index (Phi) is 6.20. The Bertz CT molecular complexity index is 1520. The Labute approximate surface area is 208 Å². The molecule has 4 aromatic rings. The number of nitrogens with zero attached hydrogens (tertiary/aromatic N) is 5. The van der Waals surface area contributed by atoms with Crippen LogP contribution in [0.15, 0.2) is 79.9 Å². The number of likely N-dealkylation sites (tertiary alicyclic amines) is 1. The summed E-state index contributed by atoms with van der Waals surface area (Å²) in [5, 5.41) is 12.7. The summed E-state index contributed by atoms with van der Waals surface area (Å²) < 4.78 is 0. The molecule has 3 heterocycles. The van der Waals surface area contributed by atoms with Crippen molar-refractivity contribution in [1.29, 1.82) is 5.26 Å². The molecule has 1 N–H and O–H groups in total. The summed E-state index contributed by atoms with van der Waals surface area (Å²) >= 11 is 0. The van der Waals surface area contributed by atoms with Gasteiger partial charge in [0.15, 0.2) is 0 Å². The minimum absolute atomic E-state index is 0.0593. The average molecular weight is 475 g/mol. The van der Waals surface area contributed by atoms with Crippen LogP contribution >= 0.6 is 0 Å². The minimum atomic E-state index is -0.310. The zero-order valence-electron chi connectivity index (χ0n) is 19.4. The van der Waals surface area contributed by atoms with Crippen LogP contribution in [0.25, 0.3) is 22.0 Å². The third-order valence-corrected chi connectivity index (χ3v) is 6.36. The molecule has 1 fully saturated rings. The molecule has 1 saturated heterocycles. The first-order valence-corrected chi connectivity index (χ1v) is 11.5. The van der Waals surface area contributed by atoms with Crippen LogP contribution in [0.4, 0.5) is 5.82 Å². The summed E-state index contributed by atoms with van der Waals surface area (Å²) in [6.45, 7) is 4.90. The number of amides is 2. The van der Waals surface area contributed by atoms with E-state index in [1.54, 1.807) is 30.7 Å². The molecule has 1 aliphatic heterocycles. The highest BCUT2D eigenvalue weighted by atomic mass is 16.2. The molecule has 2 amide bonds. The third-order valence-electron chi connectivity index (χ3n) is 6.36. The maximum atomic E-state index is 12.7. The predicted octanol–water partition coefficient (Wildman–Crippen LogP) is 4.32. The standard InChI is InChI=1S/C28H22N6O2/c1-2-26(35)34-10-8-21(16-34)24-13-22(12-23-15-30-17-32-27(23)24)19-3-5-20(6-4-19)28(36)33-25-11-18(14-29)7-9-31-25/h2-7,9,11-13,15,17,21H,1,8,10,16H2,(H,31,33,36). The number of carbonyl (C=O) groups is 2. The lowest BCUT2D eigenvalue weighted by Crippen LogP contribution is -2.26. The van der Waals surface area contributed by atoms with Crippen LogP contribution in [-0.4, -0.2) is 44.8 Å². The van der Waals surface area contributed by atoms with Crippen molar-refractivity contribution < 1.29 is 9.59 Å². The number of aromatic nitrogens is 3. The molecule has 2 aromatic heterocycles. The van der Waals surface area contributed by atoms with Gasteiger partial charge in [0, 0.05) is 42.4 Å². The number of benzene rings is 2. The number of fused-ring (bicyclic) bond motifs is 1. The van der Waals surface area contributed by atoms with Crippen molar-refractivity contribution in [1.82, 2.24) is 19.9 Å². The number of hydrogen-bond acceptors (Lipinski definition) is 6. The van der Waals surface area contributed by atoms with Crippen LogP contribution in [0.5, 0.6) is 0 Å². The first-order chi connectivity index (χ1) is 17.6. The molecule has 2 aromatic carbocycles.